The van der Waals surface area contributed by atoms with Crippen LogP contribution in [0.15, 0.2) is 30.3 Å². The fourth-order valence-electron chi connectivity index (χ4n) is 1.58. The third-order valence-electron chi connectivity index (χ3n) is 2.83. The van der Waals surface area contributed by atoms with Gasteiger partial charge in [-0.25, -0.2) is 9.59 Å². The van der Waals surface area contributed by atoms with Crippen molar-refractivity contribution in [1.29, 1.82) is 0 Å². The zero-order valence-electron chi connectivity index (χ0n) is 12.4. The van der Waals surface area contributed by atoms with Gasteiger partial charge in [-0.1, -0.05) is 44.2 Å². The number of nitrogens with zero attached hydrogens (tertiary/aromatic N) is 1. The molecule has 5 nitrogen and oxygen atoms in total. The number of urea groups is 1. The van der Waals surface area contributed by atoms with Gasteiger partial charge >= 0.3 is 12.0 Å². The highest BCUT2D eigenvalue weighted by molar-refractivity contribution is 5.83. The zero-order valence-corrected chi connectivity index (χ0v) is 12.4. The molecule has 1 atom stereocenters. The molecule has 1 rings (SSSR count). The van der Waals surface area contributed by atoms with E-state index in [4.69, 9.17) is 4.74 Å². The van der Waals surface area contributed by atoms with Crippen molar-refractivity contribution in [3.63, 3.8) is 0 Å². The minimum absolute atomic E-state index is 0.0397. The summed E-state index contributed by atoms with van der Waals surface area (Å²) in [5.41, 5.74) is 0.919. The topological polar surface area (TPSA) is 58.6 Å². The summed E-state index contributed by atoms with van der Waals surface area (Å²) in [7, 11) is 3.25. The lowest BCUT2D eigenvalue weighted by Crippen LogP contribution is -2.48. The molecule has 0 aliphatic heterocycles. The number of amides is 2. The maximum Gasteiger partial charge on any atom is 0.329 e. The predicted octanol–water partition coefficient (Wildman–Crippen LogP) is 2.03. The van der Waals surface area contributed by atoms with Crippen LogP contribution in [0.5, 0.6) is 0 Å². The first-order valence-corrected chi connectivity index (χ1v) is 6.60. The van der Waals surface area contributed by atoms with Crippen LogP contribution in [-0.2, 0) is 16.1 Å². The van der Waals surface area contributed by atoms with E-state index in [1.807, 2.05) is 44.2 Å². The monoisotopic (exact) mass is 278 g/mol. The lowest BCUT2D eigenvalue weighted by molar-refractivity contribution is -0.148. The Morgan fingerprint density at radius 3 is 2.30 bits per heavy atom. The Morgan fingerprint density at radius 2 is 1.80 bits per heavy atom. The molecule has 0 aliphatic carbocycles. The number of ether oxygens (including phenoxy) is 1. The highest BCUT2D eigenvalue weighted by Crippen LogP contribution is 2.07. The highest BCUT2D eigenvalue weighted by Gasteiger charge is 2.26. The number of carbonyl (C=O) groups is 2. The molecule has 1 N–H and O–H groups in total. The van der Waals surface area contributed by atoms with E-state index in [-0.39, 0.29) is 18.6 Å². The van der Waals surface area contributed by atoms with E-state index < -0.39 is 12.0 Å². The van der Waals surface area contributed by atoms with Gasteiger partial charge in [-0.05, 0) is 11.5 Å². The first kappa shape index (κ1) is 16.0. The highest BCUT2D eigenvalue weighted by atomic mass is 16.5. The number of esters is 1. The Labute approximate surface area is 119 Å². The summed E-state index contributed by atoms with van der Waals surface area (Å²) in [6.07, 6.45) is 0. The Kier molecular flexibility index (Phi) is 6.03. The molecule has 110 valence electrons. The van der Waals surface area contributed by atoms with E-state index in [0.29, 0.717) is 0 Å². The van der Waals surface area contributed by atoms with Gasteiger partial charge < -0.3 is 15.0 Å². The van der Waals surface area contributed by atoms with Gasteiger partial charge in [0.05, 0.1) is 0 Å². The van der Waals surface area contributed by atoms with Gasteiger partial charge in [0, 0.05) is 14.1 Å². The molecule has 20 heavy (non-hydrogen) atoms. The van der Waals surface area contributed by atoms with Gasteiger partial charge in [0.15, 0.2) is 0 Å². The van der Waals surface area contributed by atoms with Gasteiger partial charge in [0.25, 0.3) is 0 Å². The van der Waals surface area contributed by atoms with Gasteiger partial charge in [-0.2, -0.15) is 0 Å². The first-order valence-electron chi connectivity index (χ1n) is 6.60. The van der Waals surface area contributed by atoms with Crippen molar-refractivity contribution < 1.29 is 14.3 Å². The summed E-state index contributed by atoms with van der Waals surface area (Å²) in [6.45, 7) is 3.94. The molecule has 1 aromatic rings. The third kappa shape index (κ3) is 4.91. The van der Waals surface area contributed by atoms with Crippen molar-refractivity contribution in [1.82, 2.24) is 10.2 Å². The second-order valence-electron chi connectivity index (χ2n) is 5.16. The smallest absolute Gasteiger partial charge is 0.329 e. The molecule has 0 heterocycles. The van der Waals surface area contributed by atoms with Crippen molar-refractivity contribution in [2.75, 3.05) is 14.1 Å². The minimum Gasteiger partial charge on any atom is -0.459 e. The molecule has 0 aliphatic rings. The van der Waals surface area contributed by atoms with E-state index >= 15 is 0 Å². The summed E-state index contributed by atoms with van der Waals surface area (Å²) in [4.78, 5) is 25.1. The van der Waals surface area contributed by atoms with Crippen LogP contribution in [0, 0.1) is 5.92 Å². The van der Waals surface area contributed by atoms with Gasteiger partial charge in [0.1, 0.15) is 12.6 Å². The van der Waals surface area contributed by atoms with Crippen LogP contribution < -0.4 is 5.32 Å². The first-order chi connectivity index (χ1) is 9.41. The maximum atomic E-state index is 12.1. The van der Waals surface area contributed by atoms with Crippen molar-refractivity contribution in [2.45, 2.75) is 26.5 Å². The molecule has 0 aromatic heterocycles. The number of rotatable bonds is 5. The summed E-state index contributed by atoms with van der Waals surface area (Å²) in [6, 6.07) is 8.49. The predicted molar refractivity (Wildman–Crippen MR) is 77.1 cm³/mol. The molecule has 1 aromatic carbocycles. The van der Waals surface area contributed by atoms with Crippen molar-refractivity contribution in [2.24, 2.45) is 5.92 Å². The Hall–Kier alpha value is -2.04. The lowest BCUT2D eigenvalue weighted by atomic mass is 10.1. The SMILES string of the molecule is CC(C)[C@H](NC(=O)N(C)C)C(=O)OCc1ccccc1. The molecule has 0 radical (unpaired) electrons. The molecule has 0 saturated carbocycles. The van der Waals surface area contributed by atoms with Crippen LogP contribution in [0.25, 0.3) is 0 Å². The van der Waals surface area contributed by atoms with Crippen molar-refractivity contribution >= 4 is 12.0 Å². The summed E-state index contributed by atoms with van der Waals surface area (Å²) >= 11 is 0. The van der Waals surface area contributed by atoms with Gasteiger partial charge in [0.2, 0.25) is 0 Å². The molecular weight excluding hydrogens is 256 g/mol. The Bertz CT molecular complexity index is 444. The summed E-state index contributed by atoms with van der Waals surface area (Å²) in [5.74, 6) is -0.457. The number of nitrogens with one attached hydrogen (secondary N) is 1. The quantitative estimate of drug-likeness (QED) is 0.838. The largest absolute Gasteiger partial charge is 0.459 e. The summed E-state index contributed by atoms with van der Waals surface area (Å²) in [5, 5.41) is 2.66. The molecular formula is C15H22N2O3. The van der Waals surface area contributed by atoms with Gasteiger partial charge in [-0.3, -0.25) is 0 Å². The van der Waals surface area contributed by atoms with Crippen LogP contribution in [0.3, 0.4) is 0 Å². The molecule has 2 amide bonds. The molecule has 0 bridgehead atoms. The second-order valence-corrected chi connectivity index (χ2v) is 5.16. The fourth-order valence-corrected chi connectivity index (χ4v) is 1.58. The average Bonchev–Trinajstić information content (AvgIpc) is 2.42. The van der Waals surface area contributed by atoms with E-state index in [1.54, 1.807) is 14.1 Å². The molecule has 0 fully saturated rings. The normalized spacial score (nSPS) is 11.8. The van der Waals surface area contributed by atoms with Crippen LogP contribution in [-0.4, -0.2) is 37.0 Å². The molecule has 5 heteroatoms. The Morgan fingerprint density at radius 1 is 1.20 bits per heavy atom. The third-order valence-corrected chi connectivity index (χ3v) is 2.83. The number of hydrogen-bond acceptors (Lipinski definition) is 3. The molecule has 0 unspecified atom stereocenters. The number of hydrogen-bond donors (Lipinski definition) is 1. The minimum atomic E-state index is -0.645. The van der Waals surface area contributed by atoms with E-state index in [2.05, 4.69) is 5.32 Å². The van der Waals surface area contributed by atoms with Crippen LogP contribution in [0.2, 0.25) is 0 Å². The van der Waals surface area contributed by atoms with Gasteiger partial charge in [-0.15, -0.1) is 0 Å². The number of benzene rings is 1. The molecule has 0 saturated heterocycles. The van der Waals surface area contributed by atoms with Crippen LogP contribution >= 0.6 is 0 Å². The van der Waals surface area contributed by atoms with Crippen LogP contribution in [0.4, 0.5) is 4.79 Å². The van der Waals surface area contributed by atoms with Crippen molar-refractivity contribution in [3.05, 3.63) is 35.9 Å². The van der Waals surface area contributed by atoms with Crippen LogP contribution in [0.1, 0.15) is 19.4 Å². The maximum absolute atomic E-state index is 12.1. The second kappa shape index (κ2) is 7.53. The fraction of sp³-hybridized carbons (Fsp3) is 0.467. The molecule has 0 spiro atoms. The van der Waals surface area contributed by atoms with Crippen molar-refractivity contribution in [3.8, 4) is 0 Å². The van der Waals surface area contributed by atoms with E-state index in [9.17, 15) is 9.59 Å². The van der Waals surface area contributed by atoms with E-state index in [0.717, 1.165) is 5.56 Å². The zero-order chi connectivity index (χ0) is 15.1. The number of carbonyl (C=O) groups excluding carboxylic acids is 2. The lowest BCUT2D eigenvalue weighted by Gasteiger charge is -2.23. The van der Waals surface area contributed by atoms with E-state index in [1.165, 1.54) is 4.90 Å². The average molecular weight is 278 g/mol. The standard InChI is InChI=1S/C15H22N2O3/c1-11(2)13(16-15(19)17(3)4)14(18)20-10-12-8-6-5-7-9-12/h5-9,11,13H,10H2,1-4H3,(H,16,19)/t13-/m0/s1. The Balaban J connectivity index is 2.58. The summed E-state index contributed by atoms with van der Waals surface area (Å²) < 4.78 is 5.26.